The molecule has 0 amide bonds. The van der Waals surface area contributed by atoms with Crippen molar-refractivity contribution in [3.63, 3.8) is 0 Å². The van der Waals surface area contributed by atoms with Gasteiger partial charge in [-0.25, -0.2) is 4.39 Å². The Morgan fingerprint density at radius 1 is 0.862 bits per heavy atom. The van der Waals surface area contributed by atoms with Gasteiger partial charge in [-0.2, -0.15) is 0 Å². The predicted octanol–water partition coefficient (Wildman–Crippen LogP) is 5.03. The van der Waals surface area contributed by atoms with Crippen LogP contribution in [0.25, 0.3) is 0 Å². The molecule has 0 saturated heterocycles. The van der Waals surface area contributed by atoms with E-state index in [9.17, 15) is 9.18 Å². The second-order valence-corrected chi connectivity index (χ2v) is 8.16. The lowest BCUT2D eigenvalue weighted by Gasteiger charge is -2.31. The smallest absolute Gasteiger partial charge is 0.187 e. The van der Waals surface area contributed by atoms with Crippen LogP contribution in [0.2, 0.25) is 0 Å². The average Bonchev–Trinajstić information content (AvgIpc) is 2.94. The summed E-state index contributed by atoms with van der Waals surface area (Å²) in [6.07, 6.45) is 0. The maximum atomic E-state index is 13.5. The minimum Gasteiger partial charge on any atom is -0.364 e. The van der Waals surface area contributed by atoms with Crippen LogP contribution in [0.3, 0.4) is 0 Å². The highest BCUT2D eigenvalue weighted by Gasteiger charge is 2.37. The molecule has 0 radical (unpaired) electrons. The van der Waals surface area contributed by atoms with Crippen LogP contribution in [0.4, 0.5) is 15.8 Å². The summed E-state index contributed by atoms with van der Waals surface area (Å²) < 4.78 is 13.4. The fourth-order valence-electron chi connectivity index (χ4n) is 4.61. The summed E-state index contributed by atoms with van der Waals surface area (Å²) in [6.45, 7) is 6.27. The standard InChI is InChI=1S/C25H23FN2O/c1-16-3-9-22-20(12-16)14-28-23-10-4-17(2)11-19(23)13-27(22)15-24(28)25(29)18-5-7-21(26)8-6-18/h3-12,24H,13-15H2,1-2H3. The van der Waals surface area contributed by atoms with Crippen LogP contribution in [0.5, 0.6) is 0 Å². The van der Waals surface area contributed by atoms with Crippen LogP contribution in [0.15, 0.2) is 60.7 Å². The van der Waals surface area contributed by atoms with Crippen molar-refractivity contribution in [2.45, 2.75) is 33.0 Å². The second-order valence-electron chi connectivity index (χ2n) is 8.16. The zero-order valence-electron chi connectivity index (χ0n) is 16.7. The molecule has 0 spiro atoms. The van der Waals surface area contributed by atoms with Crippen LogP contribution in [0, 0.1) is 19.7 Å². The Balaban J connectivity index is 1.65. The molecule has 2 bridgehead atoms. The summed E-state index contributed by atoms with van der Waals surface area (Å²) >= 11 is 0. The van der Waals surface area contributed by atoms with Gasteiger partial charge in [0.25, 0.3) is 0 Å². The fraction of sp³-hybridized carbons (Fsp3) is 0.240. The molecule has 1 atom stereocenters. The number of fused-ring (bicyclic) bond motifs is 7. The largest absolute Gasteiger partial charge is 0.364 e. The summed E-state index contributed by atoms with van der Waals surface area (Å²) in [5.74, 6) is -0.290. The van der Waals surface area contributed by atoms with Crippen LogP contribution >= 0.6 is 0 Å². The van der Waals surface area contributed by atoms with Gasteiger partial charge in [0.1, 0.15) is 11.9 Å². The summed E-state index contributed by atoms with van der Waals surface area (Å²) in [5.41, 5.74) is 7.79. The first-order chi connectivity index (χ1) is 14.0. The first-order valence-electron chi connectivity index (χ1n) is 10.00. The Morgan fingerprint density at radius 2 is 1.48 bits per heavy atom. The van der Waals surface area contributed by atoms with Crippen molar-refractivity contribution in [2.24, 2.45) is 0 Å². The third-order valence-corrected chi connectivity index (χ3v) is 6.02. The van der Waals surface area contributed by atoms with Crippen LogP contribution in [0.1, 0.15) is 32.6 Å². The molecule has 2 aliphatic rings. The minimum atomic E-state index is -0.325. The first kappa shape index (κ1) is 17.9. The molecule has 3 aromatic carbocycles. The van der Waals surface area contributed by atoms with E-state index in [2.05, 4.69) is 60.0 Å². The van der Waals surface area contributed by atoms with Crippen molar-refractivity contribution in [3.8, 4) is 0 Å². The normalized spacial score (nSPS) is 17.4. The van der Waals surface area contributed by atoms with Crippen molar-refractivity contribution >= 4 is 17.2 Å². The average molecular weight is 386 g/mol. The van der Waals surface area contributed by atoms with E-state index in [1.165, 1.54) is 40.1 Å². The van der Waals surface area contributed by atoms with Gasteiger partial charge in [0, 0.05) is 36.6 Å². The number of carbonyl (C=O) groups excluding carboxylic acids is 1. The quantitative estimate of drug-likeness (QED) is 0.577. The lowest BCUT2D eigenvalue weighted by atomic mass is 10.0. The molecule has 0 saturated carbocycles. The highest BCUT2D eigenvalue weighted by atomic mass is 19.1. The minimum absolute atomic E-state index is 0.0351. The molecule has 0 aromatic heterocycles. The van der Waals surface area contributed by atoms with E-state index >= 15 is 0 Å². The Kier molecular flexibility index (Phi) is 4.16. The summed E-state index contributed by atoms with van der Waals surface area (Å²) in [4.78, 5) is 18.1. The number of Topliss-reactive ketones (excluding diaryl/α,β-unsaturated/α-hetero) is 1. The number of nitrogens with zero attached hydrogens (tertiary/aromatic N) is 2. The molecule has 0 fully saturated rings. The molecule has 3 nitrogen and oxygen atoms in total. The molecular formula is C25H23FN2O. The van der Waals surface area contributed by atoms with E-state index in [1.807, 2.05) is 0 Å². The lowest BCUT2D eigenvalue weighted by molar-refractivity contribution is 0.0960. The highest BCUT2D eigenvalue weighted by molar-refractivity contribution is 6.03. The highest BCUT2D eigenvalue weighted by Crippen LogP contribution is 2.39. The number of benzene rings is 3. The Bertz CT molecular complexity index is 1110. The van der Waals surface area contributed by atoms with Gasteiger partial charge in [0.05, 0.1) is 0 Å². The van der Waals surface area contributed by atoms with Gasteiger partial charge in [0.2, 0.25) is 0 Å². The van der Waals surface area contributed by atoms with E-state index in [0.717, 1.165) is 12.2 Å². The number of carbonyl (C=O) groups is 1. The zero-order chi connectivity index (χ0) is 20.1. The molecule has 2 aliphatic heterocycles. The van der Waals surface area contributed by atoms with Crippen molar-refractivity contribution in [3.05, 3.63) is 94.3 Å². The number of hydrogen-bond donors (Lipinski definition) is 0. The van der Waals surface area contributed by atoms with Gasteiger partial charge in [-0.1, -0.05) is 35.4 Å². The number of anilines is 2. The topological polar surface area (TPSA) is 23.6 Å². The van der Waals surface area contributed by atoms with E-state index in [0.29, 0.717) is 18.7 Å². The van der Waals surface area contributed by atoms with Crippen molar-refractivity contribution in [2.75, 3.05) is 16.3 Å². The number of halogens is 1. The fourth-order valence-corrected chi connectivity index (χ4v) is 4.61. The number of ketones is 1. The van der Waals surface area contributed by atoms with Gasteiger partial charge in [-0.15, -0.1) is 0 Å². The Hall–Kier alpha value is -3.14. The number of aryl methyl sites for hydroxylation is 2. The first-order valence-corrected chi connectivity index (χ1v) is 10.00. The zero-order valence-corrected chi connectivity index (χ0v) is 16.7. The van der Waals surface area contributed by atoms with Crippen LogP contribution < -0.4 is 9.80 Å². The molecule has 3 aromatic rings. The molecule has 146 valence electrons. The van der Waals surface area contributed by atoms with E-state index in [4.69, 9.17) is 0 Å². The van der Waals surface area contributed by atoms with Gasteiger partial charge in [-0.3, -0.25) is 4.79 Å². The number of rotatable bonds is 2. The van der Waals surface area contributed by atoms with Crippen LogP contribution in [-0.4, -0.2) is 18.4 Å². The van der Waals surface area contributed by atoms with Gasteiger partial charge in [0.15, 0.2) is 5.78 Å². The summed E-state index contributed by atoms with van der Waals surface area (Å²) in [7, 11) is 0. The molecule has 1 unspecified atom stereocenters. The van der Waals surface area contributed by atoms with E-state index in [-0.39, 0.29) is 17.6 Å². The molecule has 2 heterocycles. The molecule has 0 N–H and O–H groups in total. The second kappa shape index (κ2) is 6.73. The maximum Gasteiger partial charge on any atom is 0.187 e. The monoisotopic (exact) mass is 386 g/mol. The molecule has 0 aliphatic carbocycles. The SMILES string of the molecule is Cc1ccc2c(c1)CN1c3ccc(C)cc3CN2CC1C(=O)c1ccc(F)cc1. The predicted molar refractivity (Wildman–Crippen MR) is 114 cm³/mol. The third kappa shape index (κ3) is 3.09. The maximum absolute atomic E-state index is 13.5. The molecule has 5 rings (SSSR count). The van der Waals surface area contributed by atoms with Gasteiger partial charge in [-0.05, 0) is 61.4 Å². The summed E-state index contributed by atoms with van der Waals surface area (Å²) in [5, 5.41) is 0. The van der Waals surface area contributed by atoms with E-state index in [1.54, 1.807) is 12.1 Å². The van der Waals surface area contributed by atoms with Gasteiger partial charge >= 0.3 is 0 Å². The van der Waals surface area contributed by atoms with Crippen molar-refractivity contribution in [1.82, 2.24) is 0 Å². The Morgan fingerprint density at radius 3 is 2.17 bits per heavy atom. The van der Waals surface area contributed by atoms with Gasteiger partial charge < -0.3 is 9.80 Å². The third-order valence-electron chi connectivity index (χ3n) is 6.02. The summed E-state index contributed by atoms with van der Waals surface area (Å²) in [6, 6.07) is 18.6. The Labute approximate surface area is 170 Å². The van der Waals surface area contributed by atoms with Crippen molar-refractivity contribution in [1.29, 1.82) is 0 Å². The number of hydrogen-bond acceptors (Lipinski definition) is 3. The van der Waals surface area contributed by atoms with Crippen molar-refractivity contribution < 1.29 is 9.18 Å². The molecular weight excluding hydrogens is 363 g/mol. The molecule has 4 heteroatoms. The lowest BCUT2D eigenvalue weighted by Crippen LogP contribution is -2.45. The van der Waals surface area contributed by atoms with Crippen LogP contribution in [-0.2, 0) is 13.1 Å². The van der Waals surface area contributed by atoms with E-state index < -0.39 is 0 Å². The molecule has 29 heavy (non-hydrogen) atoms.